The molecule has 0 aliphatic heterocycles. The monoisotopic (exact) mass is 216 g/mol. The highest BCUT2D eigenvalue weighted by atomic mass is 32.2. The van der Waals surface area contributed by atoms with Crippen molar-refractivity contribution in [2.24, 2.45) is 0 Å². The molecule has 0 aromatic rings. The summed E-state index contributed by atoms with van der Waals surface area (Å²) in [7, 11) is 0. The lowest BCUT2D eigenvalue weighted by molar-refractivity contribution is -0.112. The molecule has 3 heteroatoms. The Balaban J connectivity index is 3.71. The summed E-state index contributed by atoms with van der Waals surface area (Å²) in [6.07, 6.45) is 6.20. The van der Waals surface area contributed by atoms with Crippen LogP contribution in [-0.4, -0.2) is 21.3 Å². The van der Waals surface area contributed by atoms with E-state index in [2.05, 4.69) is 6.92 Å². The second-order valence-corrected chi connectivity index (χ2v) is 5.47. The molecule has 0 aromatic carbocycles. The van der Waals surface area contributed by atoms with Gasteiger partial charge in [-0.3, -0.25) is 4.79 Å². The molecule has 0 aliphatic carbocycles. The molecular formula is C11H20O2S. The van der Waals surface area contributed by atoms with Crippen LogP contribution in [0.15, 0.2) is 12.2 Å². The second-order valence-electron chi connectivity index (χ2n) is 3.50. The predicted molar refractivity (Wildman–Crippen MR) is 61.8 cm³/mol. The van der Waals surface area contributed by atoms with Gasteiger partial charge in [-0.1, -0.05) is 30.6 Å². The summed E-state index contributed by atoms with van der Waals surface area (Å²) >= 11 is -0.742. The van der Waals surface area contributed by atoms with Crippen molar-refractivity contribution in [3.63, 3.8) is 0 Å². The molecule has 2 unspecified atom stereocenters. The maximum absolute atomic E-state index is 11.6. The van der Waals surface area contributed by atoms with Crippen LogP contribution >= 0.6 is 0 Å². The van der Waals surface area contributed by atoms with Gasteiger partial charge >= 0.3 is 0 Å². The van der Waals surface area contributed by atoms with Crippen LogP contribution in [0.4, 0.5) is 0 Å². The quantitative estimate of drug-likeness (QED) is 0.484. The van der Waals surface area contributed by atoms with Crippen LogP contribution in [0.3, 0.4) is 0 Å². The predicted octanol–water partition coefficient (Wildman–Crippen LogP) is 2.46. The summed E-state index contributed by atoms with van der Waals surface area (Å²) in [5, 5.41) is 0.164. The van der Waals surface area contributed by atoms with E-state index in [1.54, 1.807) is 6.08 Å². The Hall–Kier alpha value is -0.280. The largest absolute Gasteiger partial charge is 0.616 e. The van der Waals surface area contributed by atoms with Crippen molar-refractivity contribution in [1.29, 1.82) is 0 Å². The van der Waals surface area contributed by atoms with E-state index in [-0.39, 0.29) is 11.0 Å². The Kier molecular flexibility index (Phi) is 7.90. The van der Waals surface area contributed by atoms with Crippen LogP contribution in [0, 0.1) is 0 Å². The summed E-state index contributed by atoms with van der Waals surface area (Å²) in [5.41, 5.74) is 0. The summed E-state index contributed by atoms with van der Waals surface area (Å²) in [6.45, 7) is 5.59. The van der Waals surface area contributed by atoms with E-state index in [1.807, 2.05) is 13.0 Å². The van der Waals surface area contributed by atoms with Gasteiger partial charge in [-0.25, -0.2) is 0 Å². The third-order valence-corrected chi connectivity index (χ3v) is 3.75. The van der Waals surface area contributed by atoms with Gasteiger partial charge in [0.25, 0.3) is 0 Å². The molecule has 82 valence electrons. The number of hydrogen-bond donors (Lipinski definition) is 0. The number of carbonyl (C=O) groups is 1. The number of ketones is 1. The lowest BCUT2D eigenvalue weighted by atomic mass is 10.3. The number of carbonyl (C=O) groups excluding carboxylic acids is 1. The highest BCUT2D eigenvalue weighted by Gasteiger charge is 2.14. The van der Waals surface area contributed by atoms with Gasteiger partial charge in [-0.15, -0.1) is 0 Å². The molecule has 0 N–H and O–H groups in total. The van der Waals surface area contributed by atoms with Gasteiger partial charge in [0.2, 0.25) is 0 Å². The minimum Gasteiger partial charge on any atom is -0.616 e. The van der Waals surface area contributed by atoms with Crippen molar-refractivity contribution in [2.45, 2.75) is 45.3 Å². The Bertz CT molecular complexity index is 190. The minimum absolute atomic E-state index is 0.0524. The molecule has 2 atom stereocenters. The van der Waals surface area contributed by atoms with Crippen molar-refractivity contribution in [3.8, 4) is 0 Å². The first-order chi connectivity index (χ1) is 6.57. The molecular weight excluding hydrogens is 196 g/mol. The minimum atomic E-state index is -0.742. The zero-order chi connectivity index (χ0) is 11.0. The second kappa shape index (κ2) is 8.06. The number of rotatable bonds is 7. The smallest absolute Gasteiger partial charge is 0.152 e. The molecule has 0 saturated heterocycles. The van der Waals surface area contributed by atoms with Crippen molar-refractivity contribution < 1.29 is 9.35 Å². The Morgan fingerprint density at radius 2 is 2.21 bits per heavy atom. The zero-order valence-corrected chi connectivity index (χ0v) is 10.1. The summed E-state index contributed by atoms with van der Waals surface area (Å²) in [4.78, 5) is 10.6. The molecule has 0 spiro atoms. The van der Waals surface area contributed by atoms with Crippen molar-refractivity contribution in [1.82, 2.24) is 0 Å². The summed E-state index contributed by atoms with van der Waals surface area (Å²) in [6, 6.07) is 0. The van der Waals surface area contributed by atoms with Crippen LogP contribution in [0.5, 0.6) is 0 Å². The highest BCUT2D eigenvalue weighted by Crippen LogP contribution is 2.09. The van der Waals surface area contributed by atoms with Crippen molar-refractivity contribution in [2.75, 3.05) is 5.75 Å². The fraction of sp³-hybridized carbons (Fsp3) is 0.727. The van der Waals surface area contributed by atoms with Gasteiger partial charge in [0.15, 0.2) is 5.78 Å². The molecule has 0 heterocycles. The fourth-order valence-corrected chi connectivity index (χ4v) is 2.32. The van der Waals surface area contributed by atoms with Crippen LogP contribution in [0.25, 0.3) is 0 Å². The normalized spacial score (nSPS) is 15.7. The van der Waals surface area contributed by atoms with Gasteiger partial charge in [0, 0.05) is 6.42 Å². The van der Waals surface area contributed by atoms with Crippen LogP contribution < -0.4 is 0 Å². The van der Waals surface area contributed by atoms with Gasteiger partial charge in [-0.2, -0.15) is 0 Å². The van der Waals surface area contributed by atoms with E-state index in [0.717, 1.165) is 25.0 Å². The van der Waals surface area contributed by atoms with E-state index in [9.17, 15) is 9.35 Å². The Labute approximate surface area is 90.0 Å². The average Bonchev–Trinajstić information content (AvgIpc) is 2.13. The summed E-state index contributed by atoms with van der Waals surface area (Å²) < 4.78 is 11.6. The SMILES string of the molecule is CCCC[S+]([O-])C(C)CC=CC(C)=O. The van der Waals surface area contributed by atoms with Crippen LogP contribution in [-0.2, 0) is 16.0 Å². The lowest BCUT2D eigenvalue weighted by Crippen LogP contribution is -2.20. The third kappa shape index (κ3) is 7.15. The first kappa shape index (κ1) is 13.7. The number of allylic oxidation sites excluding steroid dienone is 2. The first-order valence-corrected chi connectivity index (χ1v) is 6.50. The molecule has 0 aliphatic rings. The maximum atomic E-state index is 11.6. The molecule has 2 nitrogen and oxygen atoms in total. The average molecular weight is 216 g/mol. The molecule has 0 fully saturated rings. The van der Waals surface area contributed by atoms with E-state index in [1.165, 1.54) is 6.92 Å². The maximum Gasteiger partial charge on any atom is 0.152 e. The highest BCUT2D eigenvalue weighted by molar-refractivity contribution is 7.91. The standard InChI is InChI=1S/C11H20O2S/c1-4-5-9-14(13)11(3)8-6-7-10(2)12/h6-7,11H,4-5,8-9H2,1-3H3. The molecule has 0 bridgehead atoms. The van der Waals surface area contributed by atoms with Crippen LogP contribution in [0.1, 0.15) is 40.0 Å². The van der Waals surface area contributed by atoms with E-state index in [0.29, 0.717) is 0 Å². The molecule has 14 heavy (non-hydrogen) atoms. The summed E-state index contributed by atoms with van der Waals surface area (Å²) in [5.74, 6) is 0.836. The number of unbranched alkanes of at least 4 members (excludes halogenated alkanes) is 1. The van der Waals surface area contributed by atoms with E-state index < -0.39 is 11.2 Å². The number of hydrogen-bond acceptors (Lipinski definition) is 2. The van der Waals surface area contributed by atoms with Crippen molar-refractivity contribution in [3.05, 3.63) is 12.2 Å². The van der Waals surface area contributed by atoms with E-state index >= 15 is 0 Å². The zero-order valence-electron chi connectivity index (χ0n) is 9.29. The topological polar surface area (TPSA) is 40.1 Å². The Morgan fingerprint density at radius 3 is 2.71 bits per heavy atom. The molecule has 0 radical (unpaired) electrons. The van der Waals surface area contributed by atoms with Gasteiger partial charge < -0.3 is 4.55 Å². The third-order valence-electron chi connectivity index (χ3n) is 1.97. The molecule has 0 rings (SSSR count). The molecule has 0 aromatic heterocycles. The Morgan fingerprint density at radius 1 is 1.57 bits per heavy atom. The van der Waals surface area contributed by atoms with Gasteiger partial charge in [-0.05, 0) is 26.3 Å². The van der Waals surface area contributed by atoms with Crippen LogP contribution in [0.2, 0.25) is 0 Å². The van der Waals surface area contributed by atoms with Gasteiger partial charge in [0.1, 0.15) is 11.0 Å². The molecule has 0 amide bonds. The molecule has 0 saturated carbocycles. The fourth-order valence-electron chi connectivity index (χ4n) is 1.02. The first-order valence-electron chi connectivity index (χ1n) is 5.12. The van der Waals surface area contributed by atoms with E-state index in [4.69, 9.17) is 0 Å². The van der Waals surface area contributed by atoms with Crippen molar-refractivity contribution >= 4 is 17.0 Å². The van der Waals surface area contributed by atoms with Gasteiger partial charge in [0.05, 0.1) is 0 Å². The lowest BCUT2D eigenvalue weighted by Gasteiger charge is -2.16.